The van der Waals surface area contributed by atoms with Crippen molar-refractivity contribution in [2.24, 2.45) is 0 Å². The largest absolute Gasteiger partial charge is 0.461 e. The van der Waals surface area contributed by atoms with Crippen molar-refractivity contribution in [3.8, 4) is 6.01 Å². The number of nitrogens with two attached hydrogens (primary N) is 1. The Morgan fingerprint density at radius 1 is 1.21 bits per heavy atom. The molecule has 2 N–H and O–H groups in total. The summed E-state index contributed by atoms with van der Waals surface area (Å²) in [6, 6.07) is 0.393. The standard InChI is InChI=1S/C12H23N5O2/c1-6-17(9(4)7-18-5)11-14-10(13)15-12(16-11)19-8(2)3/h8-9H,6-7H2,1-5H3,(H2,13,14,15,16). The lowest BCUT2D eigenvalue weighted by molar-refractivity contribution is 0.181. The van der Waals surface area contributed by atoms with Crippen LogP contribution in [0.4, 0.5) is 11.9 Å². The third-order valence-electron chi connectivity index (χ3n) is 2.50. The molecule has 1 unspecified atom stereocenters. The van der Waals surface area contributed by atoms with Gasteiger partial charge in [0.25, 0.3) is 0 Å². The lowest BCUT2D eigenvalue weighted by atomic mass is 10.3. The van der Waals surface area contributed by atoms with Crippen LogP contribution in [0.25, 0.3) is 0 Å². The minimum Gasteiger partial charge on any atom is -0.461 e. The number of aromatic nitrogens is 3. The zero-order valence-corrected chi connectivity index (χ0v) is 12.3. The van der Waals surface area contributed by atoms with Crippen LogP contribution in [-0.2, 0) is 4.74 Å². The first-order valence-corrected chi connectivity index (χ1v) is 6.41. The van der Waals surface area contributed by atoms with E-state index in [1.165, 1.54) is 0 Å². The van der Waals surface area contributed by atoms with Gasteiger partial charge in [0.2, 0.25) is 11.9 Å². The summed E-state index contributed by atoms with van der Waals surface area (Å²) in [6.07, 6.45) is -0.0128. The summed E-state index contributed by atoms with van der Waals surface area (Å²) >= 11 is 0. The van der Waals surface area contributed by atoms with Crippen molar-refractivity contribution in [3.05, 3.63) is 0 Å². The molecule has 1 heterocycles. The van der Waals surface area contributed by atoms with Crippen LogP contribution >= 0.6 is 0 Å². The van der Waals surface area contributed by atoms with E-state index < -0.39 is 0 Å². The Kier molecular flexibility index (Phi) is 5.75. The third-order valence-corrected chi connectivity index (χ3v) is 2.50. The van der Waals surface area contributed by atoms with Crippen molar-refractivity contribution in [3.63, 3.8) is 0 Å². The van der Waals surface area contributed by atoms with Crippen LogP contribution in [0.5, 0.6) is 6.01 Å². The monoisotopic (exact) mass is 269 g/mol. The Labute approximate surface area is 114 Å². The molecule has 0 spiro atoms. The fraction of sp³-hybridized carbons (Fsp3) is 0.750. The summed E-state index contributed by atoms with van der Waals surface area (Å²) in [6.45, 7) is 9.20. The van der Waals surface area contributed by atoms with Gasteiger partial charge >= 0.3 is 6.01 Å². The number of hydrogen-bond donors (Lipinski definition) is 1. The molecule has 0 aliphatic rings. The van der Waals surface area contributed by atoms with Gasteiger partial charge in [0.05, 0.1) is 18.8 Å². The third kappa shape index (κ3) is 4.51. The molecule has 1 aromatic heterocycles. The van der Waals surface area contributed by atoms with E-state index in [0.717, 1.165) is 6.54 Å². The Bertz CT molecular complexity index is 400. The average molecular weight is 269 g/mol. The second-order valence-electron chi connectivity index (χ2n) is 4.53. The fourth-order valence-electron chi connectivity index (χ4n) is 1.73. The molecule has 0 saturated carbocycles. The van der Waals surface area contributed by atoms with Gasteiger partial charge in [-0.2, -0.15) is 15.0 Å². The lowest BCUT2D eigenvalue weighted by Gasteiger charge is -2.27. The summed E-state index contributed by atoms with van der Waals surface area (Å²) in [5.74, 6) is 0.666. The molecule has 0 fully saturated rings. The first kappa shape index (κ1) is 15.4. The van der Waals surface area contributed by atoms with Crippen molar-refractivity contribution in [2.45, 2.75) is 39.8 Å². The topological polar surface area (TPSA) is 86.4 Å². The SMILES string of the molecule is CCN(c1nc(N)nc(OC(C)C)n1)C(C)COC. The van der Waals surface area contributed by atoms with E-state index in [-0.39, 0.29) is 24.1 Å². The minimum atomic E-state index is -0.0128. The van der Waals surface area contributed by atoms with E-state index >= 15 is 0 Å². The van der Waals surface area contributed by atoms with Crippen LogP contribution < -0.4 is 15.4 Å². The van der Waals surface area contributed by atoms with E-state index in [2.05, 4.69) is 15.0 Å². The second-order valence-corrected chi connectivity index (χ2v) is 4.53. The summed E-state index contributed by atoms with van der Waals surface area (Å²) in [7, 11) is 1.67. The van der Waals surface area contributed by atoms with E-state index in [1.54, 1.807) is 7.11 Å². The molecular formula is C12H23N5O2. The van der Waals surface area contributed by atoms with Gasteiger partial charge in [-0.15, -0.1) is 0 Å². The van der Waals surface area contributed by atoms with Crippen LogP contribution in [-0.4, -0.2) is 47.4 Å². The molecule has 1 aromatic rings. The van der Waals surface area contributed by atoms with E-state index in [4.69, 9.17) is 15.2 Å². The molecule has 1 rings (SSSR count). The molecular weight excluding hydrogens is 246 g/mol. The molecule has 0 bridgehead atoms. The van der Waals surface area contributed by atoms with Crippen molar-refractivity contribution in [1.82, 2.24) is 15.0 Å². The highest BCUT2D eigenvalue weighted by atomic mass is 16.5. The molecule has 7 heteroatoms. The quantitative estimate of drug-likeness (QED) is 0.793. The maximum absolute atomic E-state index is 5.70. The van der Waals surface area contributed by atoms with E-state index in [9.17, 15) is 0 Å². The van der Waals surface area contributed by atoms with Crippen molar-refractivity contribution in [1.29, 1.82) is 0 Å². The van der Waals surface area contributed by atoms with Crippen LogP contribution in [0.15, 0.2) is 0 Å². The van der Waals surface area contributed by atoms with E-state index in [0.29, 0.717) is 12.6 Å². The van der Waals surface area contributed by atoms with Gasteiger partial charge < -0.3 is 20.1 Å². The minimum absolute atomic E-state index is 0.0128. The van der Waals surface area contributed by atoms with Gasteiger partial charge in [0, 0.05) is 13.7 Å². The maximum Gasteiger partial charge on any atom is 0.323 e. The van der Waals surface area contributed by atoms with Crippen LogP contribution in [0.1, 0.15) is 27.7 Å². The van der Waals surface area contributed by atoms with Crippen molar-refractivity contribution >= 4 is 11.9 Å². The number of methoxy groups -OCH3 is 1. The smallest absolute Gasteiger partial charge is 0.323 e. The molecule has 0 aliphatic carbocycles. The number of likely N-dealkylation sites (N-methyl/N-ethyl adjacent to an activating group) is 1. The van der Waals surface area contributed by atoms with Crippen molar-refractivity contribution < 1.29 is 9.47 Å². The number of rotatable bonds is 7. The number of nitrogens with zero attached hydrogens (tertiary/aromatic N) is 4. The first-order chi connectivity index (χ1) is 8.97. The maximum atomic E-state index is 5.70. The summed E-state index contributed by atoms with van der Waals surface area (Å²) in [4.78, 5) is 14.4. The zero-order chi connectivity index (χ0) is 14.4. The Hall–Kier alpha value is -1.63. The second kappa shape index (κ2) is 7.08. The fourth-order valence-corrected chi connectivity index (χ4v) is 1.73. The summed E-state index contributed by atoms with van der Waals surface area (Å²) in [5, 5.41) is 0. The molecule has 7 nitrogen and oxygen atoms in total. The van der Waals surface area contributed by atoms with Gasteiger partial charge in [0.1, 0.15) is 0 Å². The summed E-state index contributed by atoms with van der Waals surface area (Å²) < 4.78 is 10.6. The van der Waals surface area contributed by atoms with Crippen LogP contribution in [0.3, 0.4) is 0 Å². The number of hydrogen-bond acceptors (Lipinski definition) is 7. The highest BCUT2D eigenvalue weighted by Crippen LogP contribution is 2.16. The van der Waals surface area contributed by atoms with Gasteiger partial charge in [0.15, 0.2) is 0 Å². The molecule has 108 valence electrons. The highest BCUT2D eigenvalue weighted by Gasteiger charge is 2.18. The van der Waals surface area contributed by atoms with Crippen LogP contribution in [0, 0.1) is 0 Å². The van der Waals surface area contributed by atoms with Gasteiger partial charge in [-0.3, -0.25) is 0 Å². The number of ether oxygens (including phenoxy) is 2. The molecule has 0 aromatic carbocycles. The predicted octanol–water partition coefficient (Wildman–Crippen LogP) is 1.10. The van der Waals surface area contributed by atoms with Crippen LogP contribution in [0.2, 0.25) is 0 Å². The van der Waals surface area contributed by atoms with Crippen molar-refractivity contribution in [2.75, 3.05) is 30.9 Å². The van der Waals surface area contributed by atoms with E-state index in [1.807, 2.05) is 32.6 Å². The first-order valence-electron chi connectivity index (χ1n) is 6.41. The molecule has 0 aliphatic heterocycles. The number of anilines is 2. The van der Waals surface area contributed by atoms with Gasteiger partial charge in [-0.05, 0) is 27.7 Å². The molecule has 0 radical (unpaired) electrons. The highest BCUT2D eigenvalue weighted by molar-refractivity contribution is 5.36. The van der Waals surface area contributed by atoms with Gasteiger partial charge in [-0.25, -0.2) is 0 Å². The molecule has 0 saturated heterocycles. The van der Waals surface area contributed by atoms with Gasteiger partial charge in [-0.1, -0.05) is 0 Å². The normalized spacial score (nSPS) is 12.5. The molecule has 1 atom stereocenters. The Morgan fingerprint density at radius 2 is 1.89 bits per heavy atom. The Balaban J connectivity index is 2.99. The predicted molar refractivity (Wildman–Crippen MR) is 74.4 cm³/mol. The number of nitrogen functional groups attached to an aromatic ring is 1. The zero-order valence-electron chi connectivity index (χ0n) is 12.3. The summed E-state index contributed by atoms with van der Waals surface area (Å²) in [5.41, 5.74) is 5.70. The lowest BCUT2D eigenvalue weighted by Crippen LogP contribution is -2.37. The Morgan fingerprint density at radius 3 is 2.42 bits per heavy atom. The average Bonchev–Trinajstić information content (AvgIpc) is 2.28. The molecule has 19 heavy (non-hydrogen) atoms. The molecule has 0 amide bonds.